The van der Waals surface area contributed by atoms with Gasteiger partial charge in [-0.15, -0.1) is 0 Å². The Morgan fingerprint density at radius 3 is 2.34 bits per heavy atom. The van der Waals surface area contributed by atoms with E-state index in [4.69, 9.17) is 8.92 Å². The highest BCUT2D eigenvalue weighted by atomic mass is 127. The lowest BCUT2D eigenvalue weighted by atomic mass is 10.2. The second kappa shape index (κ2) is 12.5. The molecule has 1 saturated heterocycles. The number of nitro benzene ring substituents is 2. The van der Waals surface area contributed by atoms with Gasteiger partial charge in [-0.1, -0.05) is 0 Å². The fraction of sp³-hybridized carbons (Fsp3) is 0.0833. The van der Waals surface area contributed by atoms with Crippen LogP contribution in [0.3, 0.4) is 0 Å². The van der Waals surface area contributed by atoms with Crippen LogP contribution in [0.5, 0.6) is 11.5 Å². The lowest BCUT2D eigenvalue weighted by Crippen LogP contribution is -2.19. The van der Waals surface area contributed by atoms with Crippen molar-refractivity contribution in [1.29, 1.82) is 0 Å². The Balaban J connectivity index is 1.61. The number of thioether (sulfide) groups is 1. The van der Waals surface area contributed by atoms with Crippen molar-refractivity contribution in [2.75, 3.05) is 6.61 Å². The Morgan fingerprint density at radius 1 is 1.07 bits per heavy atom. The summed E-state index contributed by atoms with van der Waals surface area (Å²) in [6, 6.07) is 11.4. The van der Waals surface area contributed by atoms with E-state index in [0.717, 1.165) is 36.0 Å². The number of rotatable bonds is 9. The second-order valence-electron chi connectivity index (χ2n) is 7.93. The van der Waals surface area contributed by atoms with E-state index in [1.807, 2.05) is 22.6 Å². The molecule has 4 rings (SSSR count). The van der Waals surface area contributed by atoms with Gasteiger partial charge < -0.3 is 14.2 Å². The molecule has 1 heterocycles. The number of amides is 1. The Bertz CT molecular complexity index is 1750. The summed E-state index contributed by atoms with van der Waals surface area (Å²) in [6.45, 7) is 1.88. The van der Waals surface area contributed by atoms with E-state index in [1.54, 1.807) is 19.1 Å². The summed E-state index contributed by atoms with van der Waals surface area (Å²) in [4.78, 5) is 37.6. The molecule has 0 aliphatic carbocycles. The number of benzene rings is 3. The van der Waals surface area contributed by atoms with Crippen molar-refractivity contribution in [3.63, 3.8) is 0 Å². The first kappa shape index (κ1) is 30.4. The van der Waals surface area contributed by atoms with Crippen LogP contribution >= 0.6 is 50.3 Å². The van der Waals surface area contributed by atoms with E-state index in [1.165, 1.54) is 24.3 Å². The highest BCUT2D eigenvalue weighted by Crippen LogP contribution is 2.38. The lowest BCUT2D eigenvalue weighted by molar-refractivity contribution is -0.385. The van der Waals surface area contributed by atoms with Crippen LogP contribution in [0, 0.1) is 23.8 Å². The molecule has 13 nitrogen and oxygen atoms in total. The van der Waals surface area contributed by atoms with Gasteiger partial charge in [-0.25, -0.2) is 4.99 Å². The third kappa shape index (κ3) is 7.21. The van der Waals surface area contributed by atoms with Gasteiger partial charge in [0.2, 0.25) is 0 Å². The maximum absolute atomic E-state index is 12.9. The number of aliphatic imine (C=N–C) groups is 1. The number of hydrogen-bond donors (Lipinski definition) is 1. The molecule has 1 aliphatic rings. The number of amidine groups is 1. The quantitative estimate of drug-likeness (QED) is 0.0901. The molecule has 0 aromatic heterocycles. The molecule has 0 bridgehead atoms. The van der Waals surface area contributed by atoms with Gasteiger partial charge in [0.15, 0.2) is 16.7 Å². The molecular weight excluding hydrogens is 759 g/mol. The van der Waals surface area contributed by atoms with E-state index >= 15 is 0 Å². The topological polar surface area (TPSA) is 180 Å². The molecule has 0 saturated carbocycles. The maximum Gasteiger partial charge on any atom is 0.339 e. The van der Waals surface area contributed by atoms with Gasteiger partial charge in [0, 0.05) is 24.3 Å². The lowest BCUT2D eigenvalue weighted by Gasteiger charge is -2.14. The van der Waals surface area contributed by atoms with Gasteiger partial charge in [0.05, 0.1) is 35.1 Å². The third-order valence-electron chi connectivity index (χ3n) is 5.17. The Kier molecular flexibility index (Phi) is 9.30. The molecule has 1 fully saturated rings. The van der Waals surface area contributed by atoms with Gasteiger partial charge >= 0.3 is 10.1 Å². The van der Waals surface area contributed by atoms with Crippen LogP contribution in [0.15, 0.2) is 73.9 Å². The summed E-state index contributed by atoms with van der Waals surface area (Å²) in [5, 5.41) is 24.7. The number of nitro groups is 2. The predicted octanol–water partition coefficient (Wildman–Crippen LogP) is 5.93. The fourth-order valence-corrected chi connectivity index (χ4v) is 6.48. The Morgan fingerprint density at radius 2 is 1.73 bits per heavy atom. The minimum atomic E-state index is -4.36. The molecule has 0 atom stereocenters. The van der Waals surface area contributed by atoms with Crippen molar-refractivity contribution in [2.24, 2.45) is 4.99 Å². The Hall–Kier alpha value is -3.55. The molecule has 41 heavy (non-hydrogen) atoms. The van der Waals surface area contributed by atoms with Crippen LogP contribution in [0.4, 0.5) is 17.1 Å². The summed E-state index contributed by atoms with van der Waals surface area (Å²) in [5.41, 5.74) is 0.502. The summed E-state index contributed by atoms with van der Waals surface area (Å²) >= 11 is 6.16. The normalized spacial score (nSPS) is 15.1. The average molecular weight is 775 g/mol. The first-order valence-corrected chi connectivity index (χ1v) is 15.4. The number of hydrogen-bond acceptors (Lipinski definition) is 11. The largest absolute Gasteiger partial charge is 0.490 e. The van der Waals surface area contributed by atoms with Gasteiger partial charge in [-0.05, 0) is 99.2 Å². The van der Waals surface area contributed by atoms with Gasteiger partial charge in [-0.3, -0.25) is 25.0 Å². The van der Waals surface area contributed by atoms with Crippen LogP contribution in [-0.2, 0) is 14.9 Å². The molecule has 0 spiro atoms. The molecule has 0 unspecified atom stereocenters. The highest BCUT2D eigenvalue weighted by Gasteiger charge is 2.26. The second-order valence-corrected chi connectivity index (χ2v) is 12.5. The number of non-ortho nitro benzene ring substituents is 2. The van der Waals surface area contributed by atoms with Crippen LogP contribution in [0.1, 0.15) is 12.5 Å². The zero-order valence-corrected chi connectivity index (χ0v) is 25.9. The smallest absolute Gasteiger partial charge is 0.339 e. The molecule has 3 aromatic rings. The number of nitrogens with zero attached hydrogens (tertiary/aromatic N) is 3. The van der Waals surface area contributed by atoms with E-state index in [0.29, 0.717) is 19.3 Å². The maximum atomic E-state index is 12.9. The molecule has 1 N–H and O–H groups in total. The fourth-order valence-electron chi connectivity index (χ4n) is 3.35. The van der Waals surface area contributed by atoms with Gasteiger partial charge in [-0.2, -0.15) is 8.42 Å². The van der Waals surface area contributed by atoms with Crippen LogP contribution in [-0.4, -0.2) is 35.9 Å². The van der Waals surface area contributed by atoms with E-state index < -0.39 is 25.9 Å². The number of carbonyl (C=O) groups excluding carboxylic acids is 1. The van der Waals surface area contributed by atoms with Crippen molar-refractivity contribution < 1.29 is 32.0 Å². The van der Waals surface area contributed by atoms with E-state index in [2.05, 4.69) is 26.2 Å². The molecule has 1 aliphatic heterocycles. The first-order valence-electron chi connectivity index (χ1n) is 11.3. The molecular formula is C24H16BrIN4O9S2. The Labute approximate surface area is 258 Å². The summed E-state index contributed by atoms with van der Waals surface area (Å²) in [5.74, 6) is -0.411. The molecule has 0 radical (unpaired) electrons. The summed E-state index contributed by atoms with van der Waals surface area (Å²) in [6.07, 6.45) is 1.56. The summed E-state index contributed by atoms with van der Waals surface area (Å²) < 4.78 is 37.5. The highest BCUT2D eigenvalue weighted by molar-refractivity contribution is 14.1. The third-order valence-corrected chi connectivity index (χ3v) is 8.76. The average Bonchev–Trinajstić information content (AvgIpc) is 3.25. The minimum absolute atomic E-state index is 0.0817. The van der Waals surface area contributed by atoms with Gasteiger partial charge in [0.25, 0.3) is 17.3 Å². The summed E-state index contributed by atoms with van der Waals surface area (Å²) in [7, 11) is -4.36. The van der Waals surface area contributed by atoms with Gasteiger partial charge in [0.1, 0.15) is 4.90 Å². The zero-order valence-electron chi connectivity index (χ0n) is 20.6. The van der Waals surface area contributed by atoms with Crippen LogP contribution in [0.2, 0.25) is 0 Å². The SMILES string of the molecule is CCOc1cc(/C=C2/SC(=Nc3ccc([N+](=O)[O-])cc3Br)NC2=O)cc(I)c1OS(=O)(=O)c1ccc([N+](=O)[O-])cc1. The number of carbonyl (C=O) groups is 1. The standard InChI is InChI=1S/C24H16BrIN4O9S2/c1-2-38-20-10-13(9-18(26)22(20)39-41(36,37)16-6-3-14(4-7-16)29(32)33)11-21-23(31)28-24(40-21)27-19-8-5-15(30(34)35)12-17(19)25/h3-12H,2H2,1H3,(H,27,28,31)/b21-11+. The monoisotopic (exact) mass is 774 g/mol. The van der Waals surface area contributed by atoms with Crippen LogP contribution in [0.25, 0.3) is 6.08 Å². The van der Waals surface area contributed by atoms with Crippen molar-refractivity contribution >= 4 is 94.6 Å². The molecule has 3 aromatic carbocycles. The molecule has 212 valence electrons. The predicted molar refractivity (Wildman–Crippen MR) is 163 cm³/mol. The van der Waals surface area contributed by atoms with Crippen LogP contribution < -0.4 is 14.2 Å². The number of ether oxygens (including phenoxy) is 1. The number of halogens is 2. The first-order chi connectivity index (χ1) is 19.4. The van der Waals surface area contributed by atoms with E-state index in [-0.39, 0.29) is 44.4 Å². The van der Waals surface area contributed by atoms with Crippen molar-refractivity contribution in [3.8, 4) is 11.5 Å². The van der Waals surface area contributed by atoms with Crippen molar-refractivity contribution in [1.82, 2.24) is 5.32 Å². The van der Waals surface area contributed by atoms with Crippen molar-refractivity contribution in [2.45, 2.75) is 11.8 Å². The van der Waals surface area contributed by atoms with Crippen molar-refractivity contribution in [3.05, 3.63) is 93.3 Å². The number of nitrogens with one attached hydrogen (secondary N) is 1. The molecule has 1 amide bonds. The minimum Gasteiger partial charge on any atom is -0.490 e. The van der Waals surface area contributed by atoms with E-state index in [9.17, 15) is 33.4 Å². The zero-order chi connectivity index (χ0) is 29.9. The molecule has 17 heteroatoms.